The first-order valence-electron chi connectivity index (χ1n) is 11.8. The second-order valence-electron chi connectivity index (χ2n) is 10.1. The number of nitrogens with one attached hydrogen (secondary N) is 1. The van der Waals surface area contributed by atoms with Crippen LogP contribution < -0.4 is 19.5 Å². The van der Waals surface area contributed by atoms with Gasteiger partial charge in [0.05, 0.1) is 11.3 Å². The predicted molar refractivity (Wildman–Crippen MR) is 133 cm³/mol. The molecule has 5 rings (SSSR count). The lowest BCUT2D eigenvalue weighted by atomic mass is 9.79. The fraction of sp³-hybridized carbons (Fsp3) is 0.286. The minimum Gasteiger partial charge on any atom is -0.478 e. The number of halogens is 2. The van der Waals surface area contributed by atoms with Crippen LogP contribution in [0.1, 0.15) is 55.1 Å². The normalized spacial score (nSPS) is 15.4. The Morgan fingerprint density at radius 1 is 1.08 bits per heavy atom. The number of aryl methyl sites for hydroxylation is 1. The lowest BCUT2D eigenvalue weighted by Gasteiger charge is -2.25. The smallest absolute Gasteiger partial charge is 0.478 e. The molecule has 2 N–H and O–H groups in total. The largest absolute Gasteiger partial charge is 0.586 e. The highest BCUT2D eigenvalue weighted by Crippen LogP contribution is 2.44. The molecule has 0 radical (unpaired) electrons. The highest BCUT2D eigenvalue weighted by molar-refractivity contribution is 5.93. The number of rotatable bonds is 6. The predicted octanol–water partition coefficient (Wildman–Crippen LogP) is 6.87. The number of aromatic carboxylic acids is 1. The lowest BCUT2D eigenvalue weighted by molar-refractivity contribution is -0.286. The molecule has 0 spiro atoms. The molecule has 192 valence electrons. The summed E-state index contributed by atoms with van der Waals surface area (Å²) in [5.41, 5.74) is 3.80. The van der Waals surface area contributed by atoms with Gasteiger partial charge in [0.25, 0.3) is 0 Å². The van der Waals surface area contributed by atoms with Crippen molar-refractivity contribution in [2.24, 2.45) is 0 Å². The number of allylic oxidation sites excluding steroid dienone is 1. The van der Waals surface area contributed by atoms with Crippen molar-refractivity contribution in [1.29, 1.82) is 0 Å². The van der Waals surface area contributed by atoms with Gasteiger partial charge in [-0.1, -0.05) is 39.0 Å². The molecule has 1 fully saturated rings. The number of carboxylic acids is 1. The summed E-state index contributed by atoms with van der Waals surface area (Å²) in [5.74, 6) is 0.111. The summed E-state index contributed by atoms with van der Waals surface area (Å²) in [5, 5.41) is 13.0. The summed E-state index contributed by atoms with van der Waals surface area (Å²) in [6.45, 7) is 7.84. The molecule has 1 aliphatic carbocycles. The highest BCUT2D eigenvalue weighted by Gasteiger charge is 2.43. The zero-order chi connectivity index (χ0) is 26.5. The maximum absolute atomic E-state index is 13.4. The van der Waals surface area contributed by atoms with Gasteiger partial charge in [-0.3, -0.25) is 0 Å². The minimum atomic E-state index is -3.71. The number of ether oxygens (including phenoxy) is 3. The molecule has 1 aromatic heterocycles. The first kappa shape index (κ1) is 24.5. The maximum Gasteiger partial charge on any atom is 0.586 e. The summed E-state index contributed by atoms with van der Waals surface area (Å²) < 4.78 is 41.8. The number of carboxylic acid groups (broad SMARTS) is 1. The van der Waals surface area contributed by atoms with E-state index >= 15 is 0 Å². The SMILES string of the molecule is Cc1ccc(NC(Oc2ccc3c(c2)OC(F)(F)O3)=C2CC2)nc1-c1cccc(C(=O)O)c1C(C)(C)C. The minimum absolute atomic E-state index is 0.0611. The highest BCUT2D eigenvalue weighted by atomic mass is 19.3. The van der Waals surface area contributed by atoms with Gasteiger partial charge in [0.1, 0.15) is 11.6 Å². The van der Waals surface area contributed by atoms with Gasteiger partial charge in [-0.25, -0.2) is 9.78 Å². The molecule has 2 heterocycles. The number of fused-ring (bicyclic) bond motifs is 1. The van der Waals surface area contributed by atoms with Crippen LogP contribution in [0.4, 0.5) is 14.6 Å². The molecule has 9 heteroatoms. The summed E-state index contributed by atoms with van der Waals surface area (Å²) in [6, 6.07) is 13.2. The molecule has 1 saturated carbocycles. The third-order valence-corrected chi connectivity index (χ3v) is 6.05. The number of hydrogen-bond donors (Lipinski definition) is 2. The second-order valence-corrected chi connectivity index (χ2v) is 10.1. The van der Waals surface area contributed by atoms with Crippen LogP contribution in [0.5, 0.6) is 17.2 Å². The molecular weight excluding hydrogens is 482 g/mol. The van der Waals surface area contributed by atoms with Gasteiger partial charge in [0, 0.05) is 11.6 Å². The van der Waals surface area contributed by atoms with Crippen LogP contribution in [0.25, 0.3) is 11.3 Å². The molecule has 37 heavy (non-hydrogen) atoms. The van der Waals surface area contributed by atoms with E-state index in [9.17, 15) is 18.7 Å². The average Bonchev–Trinajstić information content (AvgIpc) is 3.61. The van der Waals surface area contributed by atoms with Gasteiger partial charge in [0.15, 0.2) is 17.4 Å². The molecule has 2 aromatic carbocycles. The summed E-state index contributed by atoms with van der Waals surface area (Å²) >= 11 is 0. The van der Waals surface area contributed by atoms with E-state index in [0.29, 0.717) is 28.7 Å². The molecular formula is C28H26F2N2O5. The molecule has 3 aromatic rings. The summed E-state index contributed by atoms with van der Waals surface area (Å²) in [7, 11) is 0. The summed E-state index contributed by atoms with van der Waals surface area (Å²) in [4.78, 5) is 16.8. The van der Waals surface area contributed by atoms with E-state index in [1.54, 1.807) is 12.1 Å². The van der Waals surface area contributed by atoms with Crippen LogP contribution in [0.3, 0.4) is 0 Å². The van der Waals surface area contributed by atoms with E-state index in [1.165, 1.54) is 18.2 Å². The number of aromatic nitrogens is 1. The molecule has 0 unspecified atom stereocenters. The van der Waals surface area contributed by atoms with Crippen molar-refractivity contribution in [2.75, 3.05) is 5.32 Å². The van der Waals surface area contributed by atoms with Crippen molar-refractivity contribution < 1.29 is 32.9 Å². The van der Waals surface area contributed by atoms with E-state index in [0.717, 1.165) is 29.5 Å². The Hall–Kier alpha value is -4.14. The van der Waals surface area contributed by atoms with Crippen molar-refractivity contribution in [3.05, 3.63) is 76.7 Å². The standard InChI is InChI=1S/C28H26F2N2O5/c1-15-8-13-22(31-24(15)18-6-5-7-19(26(33)34)23(18)27(2,3)4)32-25(16-9-10-16)35-17-11-12-20-21(14-17)37-28(29,30)36-20/h5-8,11-14H,9-10H2,1-4H3,(H,31,32)(H,33,34). The van der Waals surface area contributed by atoms with Crippen LogP contribution in [0, 0.1) is 6.92 Å². The third kappa shape index (κ3) is 5.07. The molecule has 0 saturated heterocycles. The van der Waals surface area contributed by atoms with Crippen molar-refractivity contribution in [1.82, 2.24) is 4.98 Å². The van der Waals surface area contributed by atoms with E-state index in [4.69, 9.17) is 9.72 Å². The van der Waals surface area contributed by atoms with Gasteiger partial charge >= 0.3 is 12.3 Å². The van der Waals surface area contributed by atoms with E-state index in [2.05, 4.69) is 14.8 Å². The van der Waals surface area contributed by atoms with Gasteiger partial charge in [-0.2, -0.15) is 0 Å². The zero-order valence-electron chi connectivity index (χ0n) is 20.8. The van der Waals surface area contributed by atoms with E-state index in [-0.39, 0.29) is 17.1 Å². The molecule has 2 aliphatic rings. The van der Waals surface area contributed by atoms with Crippen molar-refractivity contribution in [3.8, 4) is 28.5 Å². The van der Waals surface area contributed by atoms with Crippen LogP contribution in [0.15, 0.2) is 60.0 Å². The van der Waals surface area contributed by atoms with Crippen molar-refractivity contribution in [2.45, 2.75) is 52.2 Å². The Balaban J connectivity index is 1.47. The monoisotopic (exact) mass is 508 g/mol. The van der Waals surface area contributed by atoms with Gasteiger partial charge in [-0.15, -0.1) is 8.78 Å². The number of anilines is 1. The van der Waals surface area contributed by atoms with E-state index < -0.39 is 17.7 Å². The molecule has 0 bridgehead atoms. The fourth-order valence-electron chi connectivity index (χ4n) is 4.31. The molecule has 0 amide bonds. The number of hydrogen-bond acceptors (Lipinski definition) is 6. The van der Waals surface area contributed by atoms with Crippen molar-refractivity contribution >= 4 is 11.8 Å². The first-order chi connectivity index (χ1) is 17.4. The number of alkyl halides is 2. The Labute approximate surface area is 212 Å². The maximum atomic E-state index is 13.4. The van der Waals surface area contributed by atoms with Crippen LogP contribution >= 0.6 is 0 Å². The average molecular weight is 509 g/mol. The lowest BCUT2D eigenvalue weighted by Crippen LogP contribution is -2.25. The number of benzene rings is 2. The Kier molecular flexibility index (Phi) is 5.81. The topological polar surface area (TPSA) is 89.9 Å². The Bertz CT molecular complexity index is 1440. The number of pyridine rings is 1. The first-order valence-corrected chi connectivity index (χ1v) is 11.8. The van der Waals surface area contributed by atoms with Crippen molar-refractivity contribution in [3.63, 3.8) is 0 Å². The van der Waals surface area contributed by atoms with Gasteiger partial charge in [-0.05, 0) is 66.1 Å². The van der Waals surface area contributed by atoms with Gasteiger partial charge in [0.2, 0.25) is 0 Å². The van der Waals surface area contributed by atoms with Crippen LogP contribution in [-0.2, 0) is 5.41 Å². The second kappa shape index (κ2) is 8.76. The molecule has 7 nitrogen and oxygen atoms in total. The Morgan fingerprint density at radius 2 is 1.81 bits per heavy atom. The third-order valence-electron chi connectivity index (χ3n) is 6.05. The quantitative estimate of drug-likeness (QED) is 0.351. The number of carbonyl (C=O) groups is 1. The molecule has 0 atom stereocenters. The zero-order valence-corrected chi connectivity index (χ0v) is 20.8. The Morgan fingerprint density at radius 3 is 2.49 bits per heavy atom. The number of nitrogens with zero attached hydrogens (tertiary/aromatic N) is 1. The fourth-order valence-corrected chi connectivity index (χ4v) is 4.31. The molecule has 1 aliphatic heterocycles. The van der Waals surface area contributed by atoms with E-state index in [1.807, 2.05) is 45.9 Å². The van der Waals surface area contributed by atoms with Gasteiger partial charge < -0.3 is 24.6 Å². The van der Waals surface area contributed by atoms with Crippen LogP contribution in [0.2, 0.25) is 0 Å². The summed E-state index contributed by atoms with van der Waals surface area (Å²) in [6.07, 6.45) is -2.04. The van der Waals surface area contributed by atoms with Crippen LogP contribution in [-0.4, -0.2) is 22.4 Å².